The molecule has 5 nitrogen and oxygen atoms in total. The summed E-state index contributed by atoms with van der Waals surface area (Å²) < 4.78 is 7.80. The topological polar surface area (TPSA) is 66.0 Å². The van der Waals surface area contributed by atoms with Gasteiger partial charge in [-0.05, 0) is 26.7 Å². The molecule has 98 valence electrons. The van der Waals surface area contributed by atoms with E-state index >= 15 is 0 Å². The molecular formula is C12H24N4O. The summed E-state index contributed by atoms with van der Waals surface area (Å²) in [6.07, 6.45) is 0. The SMILES string of the molecule is CC(C)Cn1c(CN)nnc1COC(C)(C)C. The van der Waals surface area contributed by atoms with E-state index in [0.717, 1.165) is 18.2 Å². The zero-order valence-corrected chi connectivity index (χ0v) is 11.5. The van der Waals surface area contributed by atoms with Crippen LogP contribution in [0, 0.1) is 5.92 Å². The lowest BCUT2D eigenvalue weighted by molar-refractivity contribution is -0.0196. The van der Waals surface area contributed by atoms with Crippen molar-refractivity contribution in [3.63, 3.8) is 0 Å². The maximum absolute atomic E-state index is 5.73. The zero-order valence-electron chi connectivity index (χ0n) is 11.5. The molecule has 0 aromatic carbocycles. The van der Waals surface area contributed by atoms with Crippen LogP contribution in [0.25, 0.3) is 0 Å². The van der Waals surface area contributed by atoms with Crippen molar-refractivity contribution in [1.82, 2.24) is 14.8 Å². The molecular weight excluding hydrogens is 216 g/mol. The molecule has 0 fully saturated rings. The minimum atomic E-state index is -0.169. The Kier molecular flexibility index (Phi) is 4.65. The second-order valence-corrected chi connectivity index (χ2v) is 5.64. The first kappa shape index (κ1) is 14.1. The molecule has 1 aromatic heterocycles. The Morgan fingerprint density at radius 1 is 1.24 bits per heavy atom. The van der Waals surface area contributed by atoms with Crippen LogP contribution in [-0.4, -0.2) is 20.4 Å². The van der Waals surface area contributed by atoms with Gasteiger partial charge in [0.25, 0.3) is 0 Å². The van der Waals surface area contributed by atoms with Crippen molar-refractivity contribution >= 4 is 0 Å². The summed E-state index contributed by atoms with van der Waals surface area (Å²) >= 11 is 0. The molecule has 2 N–H and O–H groups in total. The van der Waals surface area contributed by atoms with E-state index < -0.39 is 0 Å². The van der Waals surface area contributed by atoms with Gasteiger partial charge < -0.3 is 15.0 Å². The van der Waals surface area contributed by atoms with E-state index in [9.17, 15) is 0 Å². The molecule has 0 spiro atoms. The Bertz CT molecular complexity index is 352. The van der Waals surface area contributed by atoms with E-state index in [1.165, 1.54) is 0 Å². The van der Waals surface area contributed by atoms with Crippen LogP contribution in [0.1, 0.15) is 46.3 Å². The molecule has 0 aliphatic rings. The first-order valence-electron chi connectivity index (χ1n) is 6.08. The monoisotopic (exact) mass is 240 g/mol. The highest BCUT2D eigenvalue weighted by molar-refractivity contribution is 4.95. The molecule has 1 aromatic rings. The van der Waals surface area contributed by atoms with Crippen molar-refractivity contribution in [3.8, 4) is 0 Å². The smallest absolute Gasteiger partial charge is 0.159 e. The molecule has 0 atom stereocenters. The van der Waals surface area contributed by atoms with E-state index in [-0.39, 0.29) is 5.60 Å². The Morgan fingerprint density at radius 3 is 2.29 bits per heavy atom. The van der Waals surface area contributed by atoms with Crippen molar-refractivity contribution in [2.24, 2.45) is 11.7 Å². The third kappa shape index (κ3) is 4.44. The van der Waals surface area contributed by atoms with Crippen LogP contribution in [0.5, 0.6) is 0 Å². The largest absolute Gasteiger partial charge is 0.368 e. The van der Waals surface area contributed by atoms with E-state index in [1.807, 2.05) is 20.8 Å². The van der Waals surface area contributed by atoms with Gasteiger partial charge in [0, 0.05) is 6.54 Å². The molecule has 0 amide bonds. The third-order valence-corrected chi connectivity index (χ3v) is 2.27. The lowest BCUT2D eigenvalue weighted by Crippen LogP contribution is -2.21. The Labute approximate surface area is 103 Å². The van der Waals surface area contributed by atoms with Crippen molar-refractivity contribution < 1.29 is 4.74 Å². The summed E-state index contributed by atoms with van der Waals surface area (Å²) in [6.45, 7) is 12.2. The average Bonchev–Trinajstić information content (AvgIpc) is 2.55. The van der Waals surface area contributed by atoms with Gasteiger partial charge in [-0.2, -0.15) is 0 Å². The summed E-state index contributed by atoms with van der Waals surface area (Å²) in [5.74, 6) is 2.21. The first-order valence-corrected chi connectivity index (χ1v) is 6.08. The Morgan fingerprint density at radius 2 is 1.82 bits per heavy atom. The fraction of sp³-hybridized carbons (Fsp3) is 0.833. The minimum Gasteiger partial charge on any atom is -0.368 e. The molecule has 1 rings (SSSR count). The molecule has 0 saturated carbocycles. The summed E-state index contributed by atoms with van der Waals surface area (Å²) in [6, 6.07) is 0. The second-order valence-electron chi connectivity index (χ2n) is 5.64. The number of ether oxygens (including phenoxy) is 1. The first-order chi connectivity index (χ1) is 7.83. The molecule has 0 unspecified atom stereocenters. The van der Waals surface area contributed by atoms with Crippen LogP contribution in [0.2, 0.25) is 0 Å². The molecule has 0 aliphatic heterocycles. The van der Waals surface area contributed by atoms with Crippen molar-refractivity contribution in [2.75, 3.05) is 0 Å². The molecule has 0 aliphatic carbocycles. The fourth-order valence-electron chi connectivity index (χ4n) is 1.49. The standard InChI is InChI=1S/C12H24N4O/c1-9(2)7-16-10(6-13)14-15-11(16)8-17-12(3,4)5/h9H,6-8,13H2,1-5H3. The van der Waals surface area contributed by atoms with Gasteiger partial charge in [0.1, 0.15) is 12.4 Å². The van der Waals surface area contributed by atoms with Gasteiger partial charge in [-0.3, -0.25) is 0 Å². The van der Waals surface area contributed by atoms with Gasteiger partial charge in [0.05, 0.1) is 12.1 Å². The minimum absolute atomic E-state index is 0.169. The van der Waals surface area contributed by atoms with Crippen LogP contribution in [0.4, 0.5) is 0 Å². The Balaban J connectivity index is 2.80. The van der Waals surface area contributed by atoms with Gasteiger partial charge in [-0.25, -0.2) is 0 Å². The highest BCUT2D eigenvalue weighted by Crippen LogP contribution is 2.13. The number of rotatable bonds is 5. The number of nitrogens with zero attached hydrogens (tertiary/aromatic N) is 3. The highest BCUT2D eigenvalue weighted by atomic mass is 16.5. The molecule has 0 saturated heterocycles. The molecule has 5 heteroatoms. The van der Waals surface area contributed by atoms with Crippen LogP contribution in [0.15, 0.2) is 0 Å². The van der Waals surface area contributed by atoms with Gasteiger partial charge in [-0.1, -0.05) is 13.8 Å². The van der Waals surface area contributed by atoms with Gasteiger partial charge in [0.15, 0.2) is 5.82 Å². The predicted octanol–water partition coefficient (Wildman–Crippen LogP) is 1.71. The Hall–Kier alpha value is -0.940. The number of hydrogen-bond acceptors (Lipinski definition) is 4. The van der Waals surface area contributed by atoms with Crippen LogP contribution in [-0.2, 0) is 24.4 Å². The maximum Gasteiger partial charge on any atom is 0.159 e. The molecule has 17 heavy (non-hydrogen) atoms. The normalized spacial score (nSPS) is 12.4. The van der Waals surface area contributed by atoms with Crippen LogP contribution < -0.4 is 5.73 Å². The number of hydrogen-bond donors (Lipinski definition) is 1. The van der Waals surface area contributed by atoms with Crippen LogP contribution >= 0.6 is 0 Å². The quantitative estimate of drug-likeness (QED) is 0.851. The van der Waals surface area contributed by atoms with Gasteiger partial charge in [0.2, 0.25) is 0 Å². The summed E-state index contributed by atoms with van der Waals surface area (Å²) in [5.41, 5.74) is 5.49. The van der Waals surface area contributed by atoms with Crippen molar-refractivity contribution in [3.05, 3.63) is 11.6 Å². The van der Waals surface area contributed by atoms with Crippen molar-refractivity contribution in [1.29, 1.82) is 0 Å². The van der Waals surface area contributed by atoms with E-state index in [2.05, 4.69) is 28.6 Å². The molecule has 0 bridgehead atoms. The molecule has 1 heterocycles. The average molecular weight is 240 g/mol. The van der Waals surface area contributed by atoms with Crippen LogP contribution in [0.3, 0.4) is 0 Å². The maximum atomic E-state index is 5.73. The lowest BCUT2D eigenvalue weighted by Gasteiger charge is -2.20. The summed E-state index contributed by atoms with van der Waals surface area (Å²) in [4.78, 5) is 0. The summed E-state index contributed by atoms with van der Waals surface area (Å²) in [5, 5.41) is 8.25. The zero-order chi connectivity index (χ0) is 13.1. The summed E-state index contributed by atoms with van der Waals surface area (Å²) in [7, 11) is 0. The number of aromatic nitrogens is 3. The van der Waals surface area contributed by atoms with Crippen molar-refractivity contribution in [2.45, 2.75) is 59.9 Å². The number of nitrogens with two attached hydrogens (primary N) is 1. The van der Waals surface area contributed by atoms with Gasteiger partial charge >= 0.3 is 0 Å². The van der Waals surface area contributed by atoms with E-state index in [0.29, 0.717) is 19.1 Å². The second kappa shape index (κ2) is 5.60. The predicted molar refractivity (Wildman–Crippen MR) is 67.3 cm³/mol. The van der Waals surface area contributed by atoms with Gasteiger partial charge in [-0.15, -0.1) is 10.2 Å². The van der Waals surface area contributed by atoms with E-state index in [1.54, 1.807) is 0 Å². The lowest BCUT2D eigenvalue weighted by atomic mass is 10.2. The fourth-order valence-corrected chi connectivity index (χ4v) is 1.49. The van der Waals surface area contributed by atoms with E-state index in [4.69, 9.17) is 10.5 Å². The highest BCUT2D eigenvalue weighted by Gasteiger charge is 2.16. The third-order valence-electron chi connectivity index (χ3n) is 2.27. The molecule has 0 radical (unpaired) electrons.